The first-order valence-corrected chi connectivity index (χ1v) is 45.7. The fourth-order valence-electron chi connectivity index (χ4n) is 10.7. The predicted octanol–water partition coefficient (Wildman–Crippen LogP) is 25.7. The Kier molecular flexibility index (Phi) is 78.4. The molecule has 0 rings (SSSR count). The summed E-state index contributed by atoms with van der Waals surface area (Å²) in [5.41, 5.74) is 0. The molecular formula is C93H150O17P2. The van der Waals surface area contributed by atoms with Crippen LogP contribution in [0.15, 0.2) is 194 Å². The number of aliphatic hydroxyl groups is 1. The first-order valence-electron chi connectivity index (χ1n) is 42.7. The van der Waals surface area contributed by atoms with Gasteiger partial charge in [0, 0.05) is 25.7 Å². The van der Waals surface area contributed by atoms with E-state index in [2.05, 4.69) is 210 Å². The Bertz CT molecular complexity index is 2890. The minimum absolute atomic E-state index is 0.00570. The van der Waals surface area contributed by atoms with E-state index >= 15 is 0 Å². The number of aliphatic hydroxyl groups excluding tert-OH is 1. The minimum Gasteiger partial charge on any atom is -0.462 e. The zero-order valence-electron chi connectivity index (χ0n) is 69.5. The monoisotopic (exact) mass is 1600 g/mol. The lowest BCUT2D eigenvalue weighted by molar-refractivity contribution is -0.161. The van der Waals surface area contributed by atoms with E-state index in [0.29, 0.717) is 32.1 Å². The zero-order valence-corrected chi connectivity index (χ0v) is 71.3. The maximum absolute atomic E-state index is 13.1. The van der Waals surface area contributed by atoms with Crippen molar-refractivity contribution in [2.24, 2.45) is 0 Å². The van der Waals surface area contributed by atoms with Gasteiger partial charge in [0.1, 0.15) is 19.3 Å². The number of rotatable bonds is 78. The van der Waals surface area contributed by atoms with Crippen LogP contribution in [0.2, 0.25) is 0 Å². The van der Waals surface area contributed by atoms with E-state index < -0.39 is 97.5 Å². The van der Waals surface area contributed by atoms with Crippen molar-refractivity contribution in [1.82, 2.24) is 0 Å². The average molecular weight is 1600 g/mol. The molecule has 0 heterocycles. The second-order valence-electron chi connectivity index (χ2n) is 27.6. The van der Waals surface area contributed by atoms with Gasteiger partial charge in [-0.2, -0.15) is 0 Å². The Morgan fingerprint density at radius 1 is 0.259 bits per heavy atom. The van der Waals surface area contributed by atoms with Crippen LogP contribution >= 0.6 is 15.6 Å². The fourth-order valence-corrected chi connectivity index (χ4v) is 12.2. The topological polar surface area (TPSA) is 237 Å². The third-order valence-corrected chi connectivity index (χ3v) is 18.9. The largest absolute Gasteiger partial charge is 0.472 e. The van der Waals surface area contributed by atoms with Crippen LogP contribution in [0.4, 0.5) is 0 Å². The third-order valence-electron chi connectivity index (χ3n) is 17.0. The molecule has 0 saturated heterocycles. The van der Waals surface area contributed by atoms with Crippen molar-refractivity contribution in [1.29, 1.82) is 0 Å². The van der Waals surface area contributed by atoms with E-state index in [-0.39, 0.29) is 25.7 Å². The average Bonchev–Trinajstić information content (AvgIpc) is 0.895. The van der Waals surface area contributed by atoms with Crippen LogP contribution in [0.25, 0.3) is 0 Å². The van der Waals surface area contributed by atoms with Gasteiger partial charge in [0.2, 0.25) is 0 Å². The molecule has 0 fully saturated rings. The number of phosphoric ester groups is 2. The number of ether oxygens (including phenoxy) is 4. The molecule has 0 aromatic carbocycles. The van der Waals surface area contributed by atoms with Gasteiger partial charge in [-0.1, -0.05) is 299 Å². The lowest BCUT2D eigenvalue weighted by Crippen LogP contribution is -2.30. The molecule has 0 bridgehead atoms. The number of hydrogen-bond donors (Lipinski definition) is 3. The van der Waals surface area contributed by atoms with Crippen molar-refractivity contribution < 1.29 is 80.2 Å². The van der Waals surface area contributed by atoms with Crippen molar-refractivity contribution in [3.8, 4) is 0 Å². The van der Waals surface area contributed by atoms with Gasteiger partial charge in [0.15, 0.2) is 12.2 Å². The maximum Gasteiger partial charge on any atom is 0.472 e. The molecule has 0 aliphatic heterocycles. The van der Waals surface area contributed by atoms with Gasteiger partial charge < -0.3 is 33.8 Å². The van der Waals surface area contributed by atoms with Gasteiger partial charge >= 0.3 is 39.5 Å². The molecule has 19 heteroatoms. The Balaban J connectivity index is 5.50. The zero-order chi connectivity index (χ0) is 81.7. The van der Waals surface area contributed by atoms with Crippen LogP contribution in [0.5, 0.6) is 0 Å². The van der Waals surface area contributed by atoms with Crippen LogP contribution < -0.4 is 0 Å². The summed E-state index contributed by atoms with van der Waals surface area (Å²) in [5, 5.41) is 10.7. The lowest BCUT2D eigenvalue weighted by Gasteiger charge is -2.21. The van der Waals surface area contributed by atoms with Crippen molar-refractivity contribution in [3.05, 3.63) is 194 Å². The molecule has 0 saturated carbocycles. The van der Waals surface area contributed by atoms with E-state index in [1.165, 1.54) is 19.3 Å². The van der Waals surface area contributed by atoms with Gasteiger partial charge in [-0.25, -0.2) is 9.13 Å². The maximum atomic E-state index is 13.1. The molecule has 0 radical (unpaired) electrons. The molecule has 634 valence electrons. The van der Waals surface area contributed by atoms with Gasteiger partial charge in [0.25, 0.3) is 0 Å². The highest BCUT2D eigenvalue weighted by molar-refractivity contribution is 7.47. The molecular weight excluding hydrogens is 1450 g/mol. The number of esters is 4. The molecule has 0 spiro atoms. The predicted molar refractivity (Wildman–Crippen MR) is 463 cm³/mol. The molecule has 5 atom stereocenters. The Hall–Kier alpha value is -6.10. The highest BCUT2D eigenvalue weighted by atomic mass is 31.2. The molecule has 17 nitrogen and oxygen atoms in total. The molecule has 0 aliphatic carbocycles. The summed E-state index contributed by atoms with van der Waals surface area (Å²) < 4.78 is 68.7. The molecule has 0 aromatic heterocycles. The van der Waals surface area contributed by atoms with E-state index in [9.17, 15) is 43.2 Å². The standard InChI is InChI=1S/C93H150O17P2/c1-5-9-13-17-21-25-29-33-37-41-43-47-49-53-57-61-65-69-73-77-90(95)103-83-88(109-92(97)79-75-71-67-63-59-55-51-45-39-35-31-27-23-19-15-11-7-3)85-107-111(99,100)105-81-87(94)82-106-112(101,102)108-86-89(110-93(98)80-76-72-68-64-60-56-52-46-40-36-32-28-24-20-16-12-8-4)84-104-91(96)78-74-70-66-62-58-54-50-48-44-42-38-34-30-26-22-18-14-10-6-2/h9,11-13,15-16,21-28,33-40,43-44,47-48,52-53,56-57,64,68,87-89,94H,5-8,10,14,17-20,29-32,41-42,45-46,49-51,54-55,58-63,65-67,69-86H2,1-4H3,(H,99,100)(H,101,102)/b13-9-,15-11-,16-12-,25-21-,26-22-,27-23-,28-24-,37-33-,38-34-,39-35-,40-36-,47-43-,48-44-,56-52-,57-53-,68-64-. The second kappa shape index (κ2) is 82.9. The van der Waals surface area contributed by atoms with Crippen LogP contribution in [-0.4, -0.2) is 96.7 Å². The first-order chi connectivity index (χ1) is 54.7. The summed E-state index contributed by atoms with van der Waals surface area (Å²) in [6, 6.07) is 0. The SMILES string of the molecule is CC/C=C\C/C=C\C/C=C\C/C=C\C/C=C\CCCCCC(=O)OCC(COP(=O)(O)OCC(O)COP(=O)(O)OCC(COC(=O)CCCCCCCC/C=C\C/C=C\C/C=C\CCCCC)OC(=O)CCC/C=C\C/C=C\C/C=C\C/C=C\C/C=C\CC)OC(=O)CCCCCCCCC/C=C\C/C=C\C/C=C\CC. The number of carbonyl (C=O) groups is 4. The van der Waals surface area contributed by atoms with E-state index in [1.54, 1.807) is 0 Å². The van der Waals surface area contributed by atoms with Gasteiger partial charge in [-0.05, 0) is 180 Å². The summed E-state index contributed by atoms with van der Waals surface area (Å²) >= 11 is 0. The summed E-state index contributed by atoms with van der Waals surface area (Å²) in [6.07, 6.45) is 103. The van der Waals surface area contributed by atoms with Crippen LogP contribution in [0, 0.1) is 0 Å². The Labute approximate surface area is 678 Å². The molecule has 3 N–H and O–H groups in total. The fraction of sp³-hybridized carbons (Fsp3) is 0.613. The molecule has 5 unspecified atom stereocenters. The van der Waals surface area contributed by atoms with Crippen molar-refractivity contribution in [2.75, 3.05) is 39.6 Å². The van der Waals surface area contributed by atoms with Gasteiger partial charge in [0.05, 0.1) is 26.4 Å². The van der Waals surface area contributed by atoms with Gasteiger partial charge in [-0.3, -0.25) is 37.3 Å². The number of unbranched alkanes of at least 4 members (excludes halogenated alkanes) is 20. The van der Waals surface area contributed by atoms with Crippen molar-refractivity contribution in [2.45, 2.75) is 329 Å². The third kappa shape index (κ3) is 81.9. The van der Waals surface area contributed by atoms with E-state index in [1.807, 2.05) is 12.2 Å². The lowest BCUT2D eigenvalue weighted by atomic mass is 10.1. The molecule has 0 aliphatic rings. The minimum atomic E-state index is -5.01. The van der Waals surface area contributed by atoms with Crippen molar-refractivity contribution in [3.63, 3.8) is 0 Å². The molecule has 0 aromatic rings. The quantitative estimate of drug-likeness (QED) is 0.0169. The normalized spacial score (nSPS) is 14.7. The Morgan fingerprint density at radius 3 is 0.759 bits per heavy atom. The number of phosphoric acid groups is 2. The van der Waals surface area contributed by atoms with Crippen LogP contribution in [-0.2, 0) is 65.4 Å². The number of allylic oxidation sites excluding steroid dienone is 32. The molecule has 112 heavy (non-hydrogen) atoms. The summed E-state index contributed by atoms with van der Waals surface area (Å²) in [4.78, 5) is 73.3. The number of carbonyl (C=O) groups excluding carboxylic acids is 4. The summed E-state index contributed by atoms with van der Waals surface area (Å²) in [6.45, 7) is 4.38. The highest BCUT2D eigenvalue weighted by Gasteiger charge is 2.30. The molecule has 0 amide bonds. The summed E-state index contributed by atoms with van der Waals surface area (Å²) in [5.74, 6) is -2.32. The Morgan fingerprint density at radius 2 is 0.473 bits per heavy atom. The van der Waals surface area contributed by atoms with Crippen molar-refractivity contribution >= 4 is 39.5 Å². The van der Waals surface area contributed by atoms with E-state index in [0.717, 1.165) is 205 Å². The second-order valence-corrected chi connectivity index (χ2v) is 30.5. The first kappa shape index (κ1) is 106. The van der Waals surface area contributed by atoms with Gasteiger partial charge in [-0.15, -0.1) is 0 Å². The van der Waals surface area contributed by atoms with Crippen LogP contribution in [0.1, 0.15) is 310 Å². The smallest absolute Gasteiger partial charge is 0.462 e. The van der Waals surface area contributed by atoms with Crippen LogP contribution in [0.3, 0.4) is 0 Å². The number of hydrogen-bond acceptors (Lipinski definition) is 15. The highest BCUT2D eigenvalue weighted by Crippen LogP contribution is 2.45. The summed E-state index contributed by atoms with van der Waals surface area (Å²) in [7, 11) is -10.0. The van der Waals surface area contributed by atoms with E-state index in [4.69, 9.17) is 37.0 Å².